The van der Waals surface area contributed by atoms with Gasteiger partial charge in [0.1, 0.15) is 5.60 Å². The first-order valence-electron chi connectivity index (χ1n) is 7.81. The largest absolute Gasteiger partial charge is 0.444 e. The molecule has 0 fully saturated rings. The molecule has 0 saturated carbocycles. The number of rotatable bonds is 8. The first-order chi connectivity index (χ1) is 9.78. The molecule has 6 nitrogen and oxygen atoms in total. The summed E-state index contributed by atoms with van der Waals surface area (Å²) in [6.45, 7) is 11.0. The number of nitrogens with zero attached hydrogens (tertiary/aromatic N) is 1. The van der Waals surface area contributed by atoms with Crippen molar-refractivity contribution in [2.45, 2.75) is 71.9 Å². The highest BCUT2D eigenvalue weighted by atomic mass is 16.6. The maximum Gasteiger partial charge on any atom is 0.407 e. The molecule has 1 atom stereocenters. The fourth-order valence-corrected chi connectivity index (χ4v) is 1.69. The average molecular weight is 300 g/mol. The Labute approximate surface area is 128 Å². The second-order valence-electron chi connectivity index (χ2n) is 6.14. The van der Waals surface area contributed by atoms with E-state index in [9.17, 15) is 4.79 Å². The molecule has 0 radical (unpaired) electrons. The summed E-state index contributed by atoms with van der Waals surface area (Å²) in [4.78, 5) is 16.0. The number of hydrogen-bond acceptors (Lipinski definition) is 3. The van der Waals surface area contributed by atoms with Crippen molar-refractivity contribution in [2.24, 2.45) is 10.7 Å². The van der Waals surface area contributed by atoms with Gasteiger partial charge in [-0.3, -0.25) is 4.99 Å². The number of unbranched alkanes of at least 4 members (excludes halogenated alkanes) is 1. The molecule has 6 heteroatoms. The van der Waals surface area contributed by atoms with Gasteiger partial charge in [0.2, 0.25) is 0 Å². The van der Waals surface area contributed by atoms with Gasteiger partial charge in [0.05, 0.1) is 12.6 Å². The molecule has 0 bridgehead atoms. The molecular weight excluding hydrogens is 268 g/mol. The lowest BCUT2D eigenvalue weighted by molar-refractivity contribution is 0.0503. The Balaban J connectivity index is 4.29. The minimum absolute atomic E-state index is 0.0589. The molecule has 0 spiro atoms. The van der Waals surface area contributed by atoms with E-state index in [4.69, 9.17) is 10.5 Å². The maximum absolute atomic E-state index is 11.8. The van der Waals surface area contributed by atoms with Gasteiger partial charge in [-0.2, -0.15) is 0 Å². The number of ether oxygens (including phenoxy) is 1. The molecule has 0 rings (SSSR count). The van der Waals surface area contributed by atoms with Gasteiger partial charge < -0.3 is 21.1 Å². The van der Waals surface area contributed by atoms with Crippen molar-refractivity contribution in [3.8, 4) is 0 Å². The van der Waals surface area contributed by atoms with Crippen molar-refractivity contribution in [3.63, 3.8) is 0 Å². The van der Waals surface area contributed by atoms with Gasteiger partial charge in [0.25, 0.3) is 0 Å². The van der Waals surface area contributed by atoms with Gasteiger partial charge in [0.15, 0.2) is 5.96 Å². The third kappa shape index (κ3) is 12.0. The van der Waals surface area contributed by atoms with Crippen LogP contribution in [0.25, 0.3) is 0 Å². The molecule has 0 aliphatic carbocycles. The first kappa shape index (κ1) is 19.5. The SMILES string of the molecule is CCCCNC(N)=NCC(CCC)NC(=O)OC(C)(C)C. The topological polar surface area (TPSA) is 88.7 Å². The van der Waals surface area contributed by atoms with E-state index in [0.717, 1.165) is 32.2 Å². The molecule has 0 aromatic carbocycles. The van der Waals surface area contributed by atoms with Gasteiger partial charge in [-0.25, -0.2) is 4.79 Å². The number of hydrogen-bond donors (Lipinski definition) is 3. The highest BCUT2D eigenvalue weighted by Crippen LogP contribution is 2.07. The molecule has 0 aliphatic heterocycles. The smallest absolute Gasteiger partial charge is 0.407 e. The summed E-state index contributed by atoms with van der Waals surface area (Å²) < 4.78 is 5.26. The summed E-state index contributed by atoms with van der Waals surface area (Å²) in [6.07, 6.45) is 3.56. The standard InChI is InChI=1S/C15H32N4O2/c1-6-8-10-17-13(16)18-11-12(9-7-2)19-14(20)21-15(3,4)5/h12H,6-11H2,1-5H3,(H,19,20)(H3,16,17,18). The van der Waals surface area contributed by atoms with Crippen molar-refractivity contribution in [1.82, 2.24) is 10.6 Å². The predicted octanol–water partition coefficient (Wildman–Crippen LogP) is 2.38. The maximum atomic E-state index is 11.8. The van der Waals surface area contributed by atoms with Crippen molar-refractivity contribution in [2.75, 3.05) is 13.1 Å². The number of carbonyl (C=O) groups is 1. The highest BCUT2D eigenvalue weighted by Gasteiger charge is 2.18. The highest BCUT2D eigenvalue weighted by molar-refractivity contribution is 5.77. The summed E-state index contributed by atoms with van der Waals surface area (Å²) >= 11 is 0. The van der Waals surface area contributed by atoms with Crippen molar-refractivity contribution in [3.05, 3.63) is 0 Å². The van der Waals surface area contributed by atoms with Crippen molar-refractivity contribution >= 4 is 12.1 Å². The molecular formula is C15H32N4O2. The van der Waals surface area contributed by atoms with E-state index in [-0.39, 0.29) is 6.04 Å². The molecule has 1 unspecified atom stereocenters. The number of alkyl carbamates (subject to hydrolysis) is 1. The molecule has 0 aromatic heterocycles. The summed E-state index contributed by atoms with van der Waals surface area (Å²) in [7, 11) is 0. The van der Waals surface area contributed by atoms with Crippen LogP contribution in [0.3, 0.4) is 0 Å². The summed E-state index contributed by atoms with van der Waals surface area (Å²) in [5.74, 6) is 0.426. The van der Waals surface area contributed by atoms with Gasteiger partial charge in [0, 0.05) is 6.54 Å². The Morgan fingerprint density at radius 3 is 2.48 bits per heavy atom. The molecule has 0 heterocycles. The zero-order chi connectivity index (χ0) is 16.3. The summed E-state index contributed by atoms with van der Waals surface area (Å²) in [6, 6.07) is -0.0589. The van der Waals surface area contributed by atoms with Crippen LogP contribution in [0, 0.1) is 0 Å². The Morgan fingerprint density at radius 1 is 1.29 bits per heavy atom. The van der Waals surface area contributed by atoms with Crippen LogP contribution in [-0.4, -0.2) is 36.8 Å². The Bertz CT molecular complexity index is 324. The lowest BCUT2D eigenvalue weighted by Gasteiger charge is -2.22. The van der Waals surface area contributed by atoms with E-state index in [1.165, 1.54) is 0 Å². The van der Waals surface area contributed by atoms with E-state index < -0.39 is 11.7 Å². The van der Waals surface area contributed by atoms with Gasteiger partial charge in [-0.15, -0.1) is 0 Å². The van der Waals surface area contributed by atoms with Gasteiger partial charge in [-0.05, 0) is 33.6 Å². The average Bonchev–Trinajstić information content (AvgIpc) is 2.34. The van der Waals surface area contributed by atoms with E-state index in [1.54, 1.807) is 0 Å². The predicted molar refractivity (Wildman–Crippen MR) is 87.5 cm³/mol. The van der Waals surface area contributed by atoms with Crippen LogP contribution in [0.4, 0.5) is 4.79 Å². The number of nitrogens with one attached hydrogen (secondary N) is 2. The normalized spacial score (nSPS) is 13.7. The van der Waals surface area contributed by atoms with E-state index in [0.29, 0.717) is 12.5 Å². The second-order valence-corrected chi connectivity index (χ2v) is 6.14. The summed E-state index contributed by atoms with van der Waals surface area (Å²) in [5.41, 5.74) is 5.29. The molecule has 0 aromatic rings. The van der Waals surface area contributed by atoms with Crippen LogP contribution >= 0.6 is 0 Å². The quantitative estimate of drug-likeness (QED) is 0.365. The van der Waals surface area contributed by atoms with Crippen LogP contribution in [0.2, 0.25) is 0 Å². The van der Waals surface area contributed by atoms with E-state index in [1.807, 2.05) is 20.8 Å². The fourth-order valence-electron chi connectivity index (χ4n) is 1.69. The minimum Gasteiger partial charge on any atom is -0.444 e. The molecule has 4 N–H and O–H groups in total. The molecule has 124 valence electrons. The zero-order valence-electron chi connectivity index (χ0n) is 14.2. The lowest BCUT2D eigenvalue weighted by Crippen LogP contribution is -2.41. The van der Waals surface area contributed by atoms with Crippen LogP contribution in [0.1, 0.15) is 60.3 Å². The first-order valence-corrected chi connectivity index (χ1v) is 7.81. The van der Waals surface area contributed by atoms with E-state index in [2.05, 4.69) is 29.5 Å². The van der Waals surface area contributed by atoms with Gasteiger partial charge >= 0.3 is 6.09 Å². The Hall–Kier alpha value is -1.46. The molecule has 0 aliphatic rings. The number of aliphatic imine (C=N–C) groups is 1. The third-order valence-electron chi connectivity index (χ3n) is 2.68. The van der Waals surface area contributed by atoms with Crippen LogP contribution < -0.4 is 16.4 Å². The Kier molecular flexibility index (Phi) is 9.58. The molecule has 0 saturated heterocycles. The lowest BCUT2D eigenvalue weighted by atomic mass is 10.1. The van der Waals surface area contributed by atoms with E-state index >= 15 is 0 Å². The molecule has 1 amide bonds. The van der Waals surface area contributed by atoms with Crippen LogP contribution in [0.15, 0.2) is 4.99 Å². The number of nitrogens with two attached hydrogens (primary N) is 1. The van der Waals surface area contributed by atoms with Gasteiger partial charge in [-0.1, -0.05) is 26.7 Å². The monoisotopic (exact) mass is 300 g/mol. The number of guanidine groups is 1. The second kappa shape index (κ2) is 10.3. The van der Waals surface area contributed by atoms with Crippen LogP contribution in [-0.2, 0) is 4.74 Å². The molecule has 21 heavy (non-hydrogen) atoms. The van der Waals surface area contributed by atoms with Crippen molar-refractivity contribution < 1.29 is 9.53 Å². The number of carbonyl (C=O) groups excluding carboxylic acids is 1. The fraction of sp³-hybridized carbons (Fsp3) is 0.867. The Morgan fingerprint density at radius 2 is 1.95 bits per heavy atom. The minimum atomic E-state index is -0.495. The van der Waals surface area contributed by atoms with Crippen molar-refractivity contribution in [1.29, 1.82) is 0 Å². The van der Waals surface area contributed by atoms with Crippen LogP contribution in [0.5, 0.6) is 0 Å². The summed E-state index contributed by atoms with van der Waals surface area (Å²) in [5, 5.41) is 5.90. The zero-order valence-corrected chi connectivity index (χ0v) is 14.2. The number of amides is 1. The third-order valence-corrected chi connectivity index (χ3v) is 2.68.